The molecular formula is C22H36O2. The molecule has 0 radical (unpaired) electrons. The Kier molecular flexibility index (Phi) is 7.54. The monoisotopic (exact) mass is 332 g/mol. The van der Waals surface area contributed by atoms with Crippen LogP contribution in [0.2, 0.25) is 0 Å². The minimum Gasteiger partial charge on any atom is -0.496 e. The number of unbranched alkanes of at least 4 members (excludes halogenated alkanes) is 1. The number of methoxy groups -OCH3 is 1. The fourth-order valence-electron chi connectivity index (χ4n) is 2.98. The third-order valence-corrected chi connectivity index (χ3v) is 3.95. The second-order valence-corrected chi connectivity index (χ2v) is 8.42. The van der Waals surface area contributed by atoms with Crippen LogP contribution in [0.3, 0.4) is 0 Å². The average Bonchev–Trinajstić information content (AvgIpc) is 2.43. The molecule has 0 aliphatic rings. The topological polar surface area (TPSA) is 18.5 Å². The second kappa shape index (κ2) is 8.71. The fourth-order valence-corrected chi connectivity index (χ4v) is 2.98. The standard InChI is InChI=1S/C22H36O2/c1-17(2)18-13-14-20(23-8)19(16-18)12-10-9-11-15-22(6,7)24-21(3,4)5/h10,12-14,16-17H,9,11,15H2,1-8H3/b12-10+. The lowest BCUT2D eigenvalue weighted by Gasteiger charge is -2.33. The molecule has 0 aliphatic heterocycles. The Hall–Kier alpha value is -1.28. The highest BCUT2D eigenvalue weighted by Gasteiger charge is 2.24. The van der Waals surface area contributed by atoms with Crippen LogP contribution in [0.4, 0.5) is 0 Å². The predicted molar refractivity (Wildman–Crippen MR) is 105 cm³/mol. The van der Waals surface area contributed by atoms with Crippen molar-refractivity contribution in [3.05, 3.63) is 35.4 Å². The lowest BCUT2D eigenvalue weighted by Crippen LogP contribution is -2.34. The SMILES string of the molecule is COc1ccc(C(C)C)cc1/C=C/CCCC(C)(C)OC(C)(C)C. The van der Waals surface area contributed by atoms with Gasteiger partial charge in [-0.2, -0.15) is 0 Å². The minimum absolute atomic E-state index is 0.0820. The molecule has 0 saturated carbocycles. The van der Waals surface area contributed by atoms with E-state index in [1.54, 1.807) is 7.11 Å². The molecule has 1 aromatic rings. The average molecular weight is 333 g/mol. The van der Waals surface area contributed by atoms with E-state index in [9.17, 15) is 0 Å². The van der Waals surface area contributed by atoms with Crippen LogP contribution < -0.4 is 4.74 Å². The van der Waals surface area contributed by atoms with Crippen LogP contribution in [0, 0.1) is 0 Å². The van der Waals surface area contributed by atoms with Gasteiger partial charge in [0.2, 0.25) is 0 Å². The Bertz CT molecular complexity index is 533. The maximum absolute atomic E-state index is 6.12. The third kappa shape index (κ3) is 7.53. The predicted octanol–water partition coefficient (Wildman–Crippen LogP) is 6.60. The zero-order valence-corrected chi connectivity index (χ0v) is 16.9. The summed E-state index contributed by atoms with van der Waals surface area (Å²) in [6, 6.07) is 6.44. The van der Waals surface area contributed by atoms with Crippen molar-refractivity contribution < 1.29 is 9.47 Å². The highest BCUT2D eigenvalue weighted by atomic mass is 16.5. The Balaban J connectivity index is 2.60. The molecule has 0 heterocycles. The maximum Gasteiger partial charge on any atom is 0.126 e. The zero-order valence-electron chi connectivity index (χ0n) is 16.9. The van der Waals surface area contributed by atoms with Gasteiger partial charge in [-0.05, 0) is 77.5 Å². The van der Waals surface area contributed by atoms with Gasteiger partial charge in [0, 0.05) is 5.56 Å². The molecule has 0 aliphatic carbocycles. The van der Waals surface area contributed by atoms with Gasteiger partial charge in [0.05, 0.1) is 18.3 Å². The van der Waals surface area contributed by atoms with E-state index >= 15 is 0 Å². The summed E-state index contributed by atoms with van der Waals surface area (Å²) in [5, 5.41) is 0. The van der Waals surface area contributed by atoms with E-state index in [0.717, 1.165) is 30.6 Å². The summed E-state index contributed by atoms with van der Waals surface area (Å²) in [6.07, 6.45) is 7.65. The van der Waals surface area contributed by atoms with Gasteiger partial charge in [0.1, 0.15) is 5.75 Å². The van der Waals surface area contributed by atoms with Gasteiger partial charge in [0.15, 0.2) is 0 Å². The van der Waals surface area contributed by atoms with Crippen molar-refractivity contribution in [1.82, 2.24) is 0 Å². The summed E-state index contributed by atoms with van der Waals surface area (Å²) < 4.78 is 11.6. The number of ether oxygens (including phenoxy) is 2. The van der Waals surface area contributed by atoms with Crippen LogP contribution in [0.1, 0.15) is 84.8 Å². The van der Waals surface area contributed by atoms with E-state index in [1.807, 2.05) is 0 Å². The molecule has 0 N–H and O–H groups in total. The van der Waals surface area contributed by atoms with Gasteiger partial charge in [-0.15, -0.1) is 0 Å². The molecule has 136 valence electrons. The Morgan fingerprint density at radius 1 is 1.08 bits per heavy atom. The molecule has 2 nitrogen and oxygen atoms in total. The number of hydrogen-bond acceptors (Lipinski definition) is 2. The Morgan fingerprint density at radius 2 is 1.75 bits per heavy atom. The van der Waals surface area contributed by atoms with Gasteiger partial charge in [-0.3, -0.25) is 0 Å². The second-order valence-electron chi connectivity index (χ2n) is 8.42. The summed E-state index contributed by atoms with van der Waals surface area (Å²) in [5.74, 6) is 1.46. The van der Waals surface area contributed by atoms with Crippen molar-refractivity contribution in [1.29, 1.82) is 0 Å². The van der Waals surface area contributed by atoms with Gasteiger partial charge in [-0.1, -0.05) is 32.1 Å². The molecule has 0 aromatic heterocycles. The van der Waals surface area contributed by atoms with E-state index in [2.05, 4.69) is 78.8 Å². The van der Waals surface area contributed by atoms with E-state index in [1.165, 1.54) is 5.56 Å². The van der Waals surface area contributed by atoms with Gasteiger partial charge in [-0.25, -0.2) is 0 Å². The lowest BCUT2D eigenvalue weighted by molar-refractivity contribution is -0.116. The molecule has 0 atom stereocenters. The largest absolute Gasteiger partial charge is 0.496 e. The van der Waals surface area contributed by atoms with Crippen molar-refractivity contribution in [2.45, 2.75) is 84.8 Å². The van der Waals surface area contributed by atoms with Crippen LogP contribution in [0.5, 0.6) is 5.75 Å². The van der Waals surface area contributed by atoms with Gasteiger partial charge >= 0.3 is 0 Å². The molecule has 0 unspecified atom stereocenters. The number of hydrogen-bond donors (Lipinski definition) is 0. The van der Waals surface area contributed by atoms with Crippen molar-refractivity contribution in [2.75, 3.05) is 7.11 Å². The van der Waals surface area contributed by atoms with Crippen LogP contribution >= 0.6 is 0 Å². The number of allylic oxidation sites excluding steroid dienone is 1. The smallest absolute Gasteiger partial charge is 0.126 e. The Morgan fingerprint density at radius 3 is 2.29 bits per heavy atom. The summed E-state index contributed by atoms with van der Waals surface area (Å²) in [5.41, 5.74) is 2.33. The first-order valence-electron chi connectivity index (χ1n) is 9.09. The van der Waals surface area contributed by atoms with Crippen molar-refractivity contribution >= 4 is 6.08 Å². The van der Waals surface area contributed by atoms with Crippen LogP contribution in [0.15, 0.2) is 24.3 Å². The van der Waals surface area contributed by atoms with Crippen molar-refractivity contribution in [2.24, 2.45) is 0 Å². The molecule has 0 spiro atoms. The lowest BCUT2D eigenvalue weighted by atomic mass is 9.98. The molecule has 1 aromatic carbocycles. The molecule has 1 rings (SSSR count). The van der Waals surface area contributed by atoms with Gasteiger partial charge < -0.3 is 9.47 Å². The molecule has 0 amide bonds. The summed E-state index contributed by atoms with van der Waals surface area (Å²) in [4.78, 5) is 0. The fraction of sp³-hybridized carbons (Fsp3) is 0.636. The van der Waals surface area contributed by atoms with E-state index in [0.29, 0.717) is 5.92 Å². The quantitative estimate of drug-likeness (QED) is 0.499. The first kappa shape index (κ1) is 20.8. The molecule has 24 heavy (non-hydrogen) atoms. The summed E-state index contributed by atoms with van der Waals surface area (Å²) in [6.45, 7) is 15.1. The molecule has 2 heteroatoms. The Labute approximate surface area is 149 Å². The molecule has 0 bridgehead atoms. The van der Waals surface area contributed by atoms with Crippen LogP contribution in [-0.2, 0) is 4.74 Å². The van der Waals surface area contributed by atoms with Gasteiger partial charge in [0.25, 0.3) is 0 Å². The summed E-state index contributed by atoms with van der Waals surface area (Å²) >= 11 is 0. The number of rotatable bonds is 8. The van der Waals surface area contributed by atoms with Crippen LogP contribution in [-0.4, -0.2) is 18.3 Å². The van der Waals surface area contributed by atoms with E-state index in [-0.39, 0.29) is 11.2 Å². The third-order valence-electron chi connectivity index (χ3n) is 3.95. The van der Waals surface area contributed by atoms with Crippen LogP contribution in [0.25, 0.3) is 6.08 Å². The number of benzene rings is 1. The summed E-state index contributed by atoms with van der Waals surface area (Å²) in [7, 11) is 1.73. The highest BCUT2D eigenvalue weighted by Crippen LogP contribution is 2.27. The normalized spacial score (nSPS) is 13.0. The maximum atomic E-state index is 6.12. The van der Waals surface area contributed by atoms with Crippen molar-refractivity contribution in [3.63, 3.8) is 0 Å². The van der Waals surface area contributed by atoms with Crippen molar-refractivity contribution in [3.8, 4) is 5.75 Å². The zero-order chi connectivity index (χ0) is 18.4. The first-order chi connectivity index (χ1) is 11.0. The molecular weight excluding hydrogens is 296 g/mol. The molecule has 0 saturated heterocycles. The minimum atomic E-state index is -0.0933. The molecule has 0 fully saturated rings. The highest BCUT2D eigenvalue weighted by molar-refractivity contribution is 5.58. The van der Waals surface area contributed by atoms with E-state index < -0.39 is 0 Å². The first-order valence-corrected chi connectivity index (χ1v) is 9.09. The van der Waals surface area contributed by atoms with E-state index in [4.69, 9.17) is 9.47 Å².